The standard InChI is InChI=1S/C17H21FN4O/c1-4-11(2)20-17-21-12(3)9-15(22-17)16(23)19-10-13-7-5-6-8-14(13)18/h5-9,11H,4,10H2,1-3H3,(H,19,23)(H,20,21,22). The molecule has 0 saturated carbocycles. The van der Waals surface area contributed by atoms with Crippen LogP contribution in [0.15, 0.2) is 30.3 Å². The summed E-state index contributed by atoms with van der Waals surface area (Å²) in [6.07, 6.45) is 0.923. The number of rotatable bonds is 6. The molecule has 1 unspecified atom stereocenters. The fourth-order valence-corrected chi connectivity index (χ4v) is 1.98. The first-order valence-electron chi connectivity index (χ1n) is 7.63. The number of nitrogens with one attached hydrogen (secondary N) is 2. The zero-order chi connectivity index (χ0) is 16.8. The highest BCUT2D eigenvalue weighted by atomic mass is 19.1. The number of carbonyl (C=O) groups excluding carboxylic acids is 1. The van der Waals surface area contributed by atoms with E-state index < -0.39 is 0 Å². The van der Waals surface area contributed by atoms with Crippen molar-refractivity contribution in [2.75, 3.05) is 5.32 Å². The van der Waals surface area contributed by atoms with Crippen molar-refractivity contribution >= 4 is 11.9 Å². The minimum Gasteiger partial charge on any atom is -0.352 e. The van der Waals surface area contributed by atoms with Crippen LogP contribution >= 0.6 is 0 Å². The summed E-state index contributed by atoms with van der Waals surface area (Å²) in [5.74, 6) is -0.271. The van der Waals surface area contributed by atoms with Crippen LogP contribution in [-0.4, -0.2) is 21.9 Å². The summed E-state index contributed by atoms with van der Waals surface area (Å²) in [5.41, 5.74) is 1.39. The van der Waals surface area contributed by atoms with E-state index in [1.807, 2.05) is 6.92 Å². The van der Waals surface area contributed by atoms with Crippen molar-refractivity contribution in [1.82, 2.24) is 15.3 Å². The number of amides is 1. The molecule has 0 saturated heterocycles. The van der Waals surface area contributed by atoms with E-state index in [1.54, 1.807) is 31.2 Å². The SMILES string of the molecule is CCC(C)Nc1nc(C)cc(C(=O)NCc2ccccc2F)n1. The Balaban J connectivity index is 2.08. The zero-order valence-electron chi connectivity index (χ0n) is 13.6. The van der Waals surface area contributed by atoms with Crippen LogP contribution in [0.5, 0.6) is 0 Å². The van der Waals surface area contributed by atoms with E-state index in [2.05, 4.69) is 27.5 Å². The molecule has 6 heteroatoms. The number of anilines is 1. The van der Waals surface area contributed by atoms with Crippen LogP contribution in [0.4, 0.5) is 10.3 Å². The number of halogens is 1. The maximum absolute atomic E-state index is 13.6. The molecule has 1 atom stereocenters. The third-order valence-electron chi connectivity index (χ3n) is 3.47. The fraction of sp³-hybridized carbons (Fsp3) is 0.353. The first-order valence-corrected chi connectivity index (χ1v) is 7.63. The molecule has 0 spiro atoms. The number of hydrogen-bond acceptors (Lipinski definition) is 4. The molecule has 23 heavy (non-hydrogen) atoms. The van der Waals surface area contributed by atoms with E-state index in [-0.39, 0.29) is 30.0 Å². The average molecular weight is 316 g/mol. The third-order valence-corrected chi connectivity index (χ3v) is 3.47. The largest absolute Gasteiger partial charge is 0.352 e. The van der Waals surface area contributed by atoms with Crippen molar-refractivity contribution in [3.63, 3.8) is 0 Å². The molecule has 2 aromatic rings. The van der Waals surface area contributed by atoms with Crippen LogP contribution in [0.3, 0.4) is 0 Å². The van der Waals surface area contributed by atoms with E-state index >= 15 is 0 Å². The molecule has 2 rings (SSSR count). The minimum absolute atomic E-state index is 0.114. The summed E-state index contributed by atoms with van der Waals surface area (Å²) in [6, 6.07) is 8.17. The molecule has 1 amide bonds. The molecule has 1 heterocycles. The lowest BCUT2D eigenvalue weighted by molar-refractivity contribution is 0.0945. The van der Waals surface area contributed by atoms with Crippen LogP contribution < -0.4 is 10.6 Å². The van der Waals surface area contributed by atoms with Crippen LogP contribution in [0.2, 0.25) is 0 Å². The predicted molar refractivity (Wildman–Crippen MR) is 87.7 cm³/mol. The number of nitrogens with zero attached hydrogens (tertiary/aromatic N) is 2. The van der Waals surface area contributed by atoms with Crippen LogP contribution in [0.1, 0.15) is 42.0 Å². The van der Waals surface area contributed by atoms with Gasteiger partial charge in [-0.1, -0.05) is 25.1 Å². The van der Waals surface area contributed by atoms with Gasteiger partial charge in [0.15, 0.2) is 0 Å². The minimum atomic E-state index is -0.356. The quantitative estimate of drug-likeness (QED) is 0.859. The average Bonchev–Trinajstić information content (AvgIpc) is 2.53. The number of carbonyl (C=O) groups is 1. The number of aromatic nitrogens is 2. The van der Waals surface area contributed by atoms with E-state index in [1.165, 1.54) is 6.07 Å². The Hall–Kier alpha value is -2.50. The van der Waals surface area contributed by atoms with Gasteiger partial charge in [-0.25, -0.2) is 14.4 Å². The van der Waals surface area contributed by atoms with Crippen molar-refractivity contribution in [2.45, 2.75) is 39.8 Å². The second-order valence-corrected chi connectivity index (χ2v) is 5.45. The lowest BCUT2D eigenvalue weighted by Crippen LogP contribution is -2.25. The van der Waals surface area contributed by atoms with E-state index in [4.69, 9.17) is 0 Å². The first-order chi connectivity index (χ1) is 11.0. The summed E-state index contributed by atoms with van der Waals surface area (Å²) in [6.45, 7) is 5.99. The van der Waals surface area contributed by atoms with E-state index in [9.17, 15) is 9.18 Å². The van der Waals surface area contributed by atoms with E-state index in [0.29, 0.717) is 17.2 Å². The Morgan fingerprint density at radius 3 is 2.74 bits per heavy atom. The molecule has 0 fully saturated rings. The Kier molecular flexibility index (Phi) is 5.62. The summed E-state index contributed by atoms with van der Waals surface area (Å²) < 4.78 is 13.6. The number of benzene rings is 1. The predicted octanol–water partition coefficient (Wildman–Crippen LogP) is 3.06. The number of aryl methyl sites for hydroxylation is 1. The van der Waals surface area contributed by atoms with Crippen molar-refractivity contribution in [3.8, 4) is 0 Å². The van der Waals surface area contributed by atoms with Gasteiger partial charge < -0.3 is 10.6 Å². The zero-order valence-corrected chi connectivity index (χ0v) is 13.6. The summed E-state index contributed by atoms with van der Waals surface area (Å²) in [4.78, 5) is 20.7. The van der Waals surface area contributed by atoms with Gasteiger partial charge in [0, 0.05) is 23.8 Å². The lowest BCUT2D eigenvalue weighted by Gasteiger charge is -2.13. The number of hydrogen-bond donors (Lipinski definition) is 2. The van der Waals surface area contributed by atoms with Crippen molar-refractivity contribution in [1.29, 1.82) is 0 Å². The molecule has 1 aromatic carbocycles. The highest BCUT2D eigenvalue weighted by Crippen LogP contribution is 2.09. The van der Waals surface area contributed by atoms with Crippen molar-refractivity contribution in [3.05, 3.63) is 53.1 Å². The smallest absolute Gasteiger partial charge is 0.270 e. The molecule has 0 bridgehead atoms. The molecular formula is C17H21FN4O. The topological polar surface area (TPSA) is 66.9 Å². The monoisotopic (exact) mass is 316 g/mol. The molecule has 0 aliphatic rings. The van der Waals surface area contributed by atoms with Crippen molar-refractivity contribution < 1.29 is 9.18 Å². The third kappa shape index (κ3) is 4.74. The molecule has 5 nitrogen and oxygen atoms in total. The lowest BCUT2D eigenvalue weighted by atomic mass is 10.2. The Morgan fingerprint density at radius 1 is 1.30 bits per heavy atom. The Morgan fingerprint density at radius 2 is 2.04 bits per heavy atom. The second-order valence-electron chi connectivity index (χ2n) is 5.45. The highest BCUT2D eigenvalue weighted by Gasteiger charge is 2.12. The van der Waals surface area contributed by atoms with Gasteiger partial charge in [-0.3, -0.25) is 4.79 Å². The summed E-state index contributed by atoms with van der Waals surface area (Å²) in [5, 5.41) is 5.83. The van der Waals surface area contributed by atoms with Gasteiger partial charge >= 0.3 is 0 Å². The van der Waals surface area contributed by atoms with E-state index in [0.717, 1.165) is 6.42 Å². The fourth-order valence-electron chi connectivity index (χ4n) is 1.98. The van der Waals surface area contributed by atoms with Crippen LogP contribution in [-0.2, 0) is 6.54 Å². The summed E-state index contributed by atoms with van der Waals surface area (Å²) in [7, 11) is 0. The van der Waals surface area contributed by atoms with Crippen molar-refractivity contribution in [2.24, 2.45) is 0 Å². The molecule has 0 radical (unpaired) electrons. The second kappa shape index (κ2) is 7.67. The van der Waals surface area contributed by atoms with Gasteiger partial charge in [0.05, 0.1) is 0 Å². The normalized spacial score (nSPS) is 11.8. The Bertz CT molecular complexity index is 690. The molecule has 122 valence electrons. The van der Waals surface area contributed by atoms with Gasteiger partial charge in [-0.2, -0.15) is 0 Å². The molecule has 2 N–H and O–H groups in total. The molecule has 1 aromatic heterocycles. The molecule has 0 aliphatic carbocycles. The highest BCUT2D eigenvalue weighted by molar-refractivity contribution is 5.92. The van der Waals surface area contributed by atoms with Gasteiger partial charge in [0.1, 0.15) is 11.5 Å². The maximum atomic E-state index is 13.6. The van der Waals surface area contributed by atoms with Gasteiger partial charge in [0.25, 0.3) is 5.91 Å². The molecular weight excluding hydrogens is 295 g/mol. The van der Waals surface area contributed by atoms with Crippen LogP contribution in [0.25, 0.3) is 0 Å². The first kappa shape index (κ1) is 16.9. The van der Waals surface area contributed by atoms with Gasteiger partial charge in [-0.05, 0) is 32.4 Å². The maximum Gasteiger partial charge on any atom is 0.270 e. The summed E-state index contributed by atoms with van der Waals surface area (Å²) >= 11 is 0. The van der Waals surface area contributed by atoms with Crippen LogP contribution in [0, 0.1) is 12.7 Å². The Labute approximate surface area is 135 Å². The van der Waals surface area contributed by atoms with Gasteiger partial charge in [-0.15, -0.1) is 0 Å². The van der Waals surface area contributed by atoms with Gasteiger partial charge in [0.2, 0.25) is 5.95 Å². The molecule has 0 aliphatic heterocycles.